The number of amidine groups is 1. The lowest BCUT2D eigenvalue weighted by Gasteiger charge is -2.32. The molecule has 0 heterocycles. The van der Waals surface area contributed by atoms with Gasteiger partial charge in [0.15, 0.2) is 0 Å². The van der Waals surface area contributed by atoms with E-state index in [1.807, 2.05) is 0 Å². The molecule has 0 bridgehead atoms. The van der Waals surface area contributed by atoms with Crippen LogP contribution in [0.2, 0.25) is 0 Å². The molecule has 1 aromatic rings. The van der Waals surface area contributed by atoms with Gasteiger partial charge < -0.3 is 33.3 Å². The number of carbonyl (C=O) groups excluding carboxylic acids is 5. The van der Waals surface area contributed by atoms with Gasteiger partial charge in [-0.05, 0) is 147 Å². The lowest BCUT2D eigenvalue weighted by Crippen LogP contribution is -2.49. The summed E-state index contributed by atoms with van der Waals surface area (Å²) in [6.45, 7) is 27.2. The fraction of sp³-hybridized carbons (Fsp3) is 0.696. The first-order valence-electron chi connectivity index (χ1n) is 22.1. The molecule has 0 aromatic heterocycles. The number of nitrogens with one attached hydrogen (secondary N) is 4. The summed E-state index contributed by atoms with van der Waals surface area (Å²) in [5, 5.41) is 15.6. The lowest BCUT2D eigenvalue weighted by molar-refractivity contribution is 0.0344. The van der Waals surface area contributed by atoms with E-state index in [0.717, 1.165) is 25.7 Å². The molecule has 0 aliphatic heterocycles. The number of benzene rings is 1. The third-order valence-electron chi connectivity index (χ3n) is 7.76. The van der Waals surface area contributed by atoms with Crippen LogP contribution in [0.25, 0.3) is 0 Å². The quantitative estimate of drug-likeness (QED) is 0.0558. The number of aliphatic imine (C=N–C) groups is 2. The zero-order chi connectivity index (χ0) is 49.8. The summed E-state index contributed by atoms with van der Waals surface area (Å²) in [6, 6.07) is 6.68. The molecule has 0 unspecified atom stereocenters. The number of ether oxygens (including phenoxy) is 6. The van der Waals surface area contributed by atoms with E-state index in [1.165, 1.54) is 4.90 Å². The largest absolute Gasteiger partial charge is 0.494 e. The molecule has 368 valence electrons. The van der Waals surface area contributed by atoms with Crippen molar-refractivity contribution in [3.8, 4) is 5.75 Å². The SMILES string of the molecule is CN(CCCOc1ccc(C(=N)NC(=O)OC(C)(C)C)cc1)C(=NC(=O)OC(C)(C)C)N(CCCCCCCCN=C(NC(=O)OC(C)(C)C)NC(=O)OC(C)(C)C)C(=O)OC(C)(C)C. The molecule has 1 rings (SSSR count). The zero-order valence-electron chi connectivity index (χ0n) is 41.9. The van der Waals surface area contributed by atoms with Crippen molar-refractivity contribution in [1.82, 2.24) is 25.8 Å². The van der Waals surface area contributed by atoms with E-state index in [9.17, 15) is 24.0 Å². The highest BCUT2D eigenvalue weighted by molar-refractivity contribution is 6.04. The first-order valence-corrected chi connectivity index (χ1v) is 22.1. The van der Waals surface area contributed by atoms with Gasteiger partial charge in [0.2, 0.25) is 11.9 Å². The standard InChI is InChI=1S/C46H78N8O11/c1-42(2,3)61-37(55)49-34(47)32-24-26-33(27-25-32)60-31-23-29-53(16)36(52-40(58)64-45(10,11)12)54(41(59)65-46(13,14)15)30-22-20-18-17-19-21-28-48-35(50-38(56)62-43(4,5)6)51-39(57)63-44(7,8)9/h24-27H,17-23,28-31H2,1-16H3,(H2,47,49,55)(H2,48,50,51,56,57). The van der Waals surface area contributed by atoms with Gasteiger partial charge in [0.05, 0.1) is 6.61 Å². The van der Waals surface area contributed by atoms with Crippen LogP contribution in [0.1, 0.15) is 154 Å². The first-order chi connectivity index (χ1) is 29.7. The van der Waals surface area contributed by atoms with Crippen molar-refractivity contribution < 1.29 is 52.4 Å². The molecule has 0 spiro atoms. The van der Waals surface area contributed by atoms with Gasteiger partial charge in [-0.25, -0.2) is 28.9 Å². The number of amides is 5. The Morgan fingerprint density at radius 3 is 1.49 bits per heavy atom. The van der Waals surface area contributed by atoms with Crippen molar-refractivity contribution in [1.29, 1.82) is 5.41 Å². The number of alkyl carbamates (subject to hydrolysis) is 3. The molecule has 5 amide bonds. The Morgan fingerprint density at radius 1 is 0.569 bits per heavy atom. The zero-order valence-corrected chi connectivity index (χ0v) is 41.9. The van der Waals surface area contributed by atoms with Crippen molar-refractivity contribution in [2.45, 2.75) is 177 Å². The second kappa shape index (κ2) is 25.8. The van der Waals surface area contributed by atoms with Gasteiger partial charge >= 0.3 is 30.5 Å². The average Bonchev–Trinajstić information content (AvgIpc) is 3.09. The smallest absolute Gasteiger partial charge is 0.437 e. The van der Waals surface area contributed by atoms with Gasteiger partial charge in [-0.3, -0.25) is 26.4 Å². The van der Waals surface area contributed by atoms with Gasteiger partial charge in [-0.1, -0.05) is 25.7 Å². The Bertz CT molecular complexity index is 1750. The van der Waals surface area contributed by atoms with Crippen molar-refractivity contribution in [3.05, 3.63) is 29.8 Å². The van der Waals surface area contributed by atoms with Gasteiger partial charge in [0.1, 0.15) is 39.6 Å². The topological polar surface area (TPSA) is 232 Å². The minimum absolute atomic E-state index is 0.0718. The Hall–Kier alpha value is -5.62. The normalized spacial score (nSPS) is 12.2. The third kappa shape index (κ3) is 28.7. The number of unbranched alkanes of at least 4 members (excludes halogenated alkanes) is 5. The van der Waals surface area contributed by atoms with E-state index in [4.69, 9.17) is 33.8 Å². The molecular formula is C46H78N8O11. The Kier molecular flexibility index (Phi) is 22.7. The summed E-state index contributed by atoms with van der Waals surface area (Å²) in [7, 11) is 1.72. The fourth-order valence-electron chi connectivity index (χ4n) is 5.29. The van der Waals surface area contributed by atoms with E-state index in [2.05, 4.69) is 25.9 Å². The minimum Gasteiger partial charge on any atom is -0.494 e. The van der Waals surface area contributed by atoms with Crippen LogP contribution in [-0.4, -0.2) is 119 Å². The molecule has 0 radical (unpaired) electrons. The van der Waals surface area contributed by atoms with Crippen LogP contribution in [-0.2, 0) is 23.7 Å². The number of rotatable bonds is 15. The monoisotopic (exact) mass is 919 g/mol. The Labute approximate surface area is 386 Å². The lowest BCUT2D eigenvalue weighted by atomic mass is 10.1. The predicted molar refractivity (Wildman–Crippen MR) is 251 cm³/mol. The van der Waals surface area contributed by atoms with Gasteiger partial charge in [0.25, 0.3) is 0 Å². The van der Waals surface area contributed by atoms with Crippen LogP contribution in [0.4, 0.5) is 24.0 Å². The summed E-state index contributed by atoms with van der Waals surface area (Å²) in [5.74, 6) is 0.431. The number of guanidine groups is 2. The first kappa shape index (κ1) is 57.4. The summed E-state index contributed by atoms with van der Waals surface area (Å²) >= 11 is 0. The maximum atomic E-state index is 13.7. The van der Waals surface area contributed by atoms with Crippen LogP contribution >= 0.6 is 0 Å². The highest BCUT2D eigenvalue weighted by Gasteiger charge is 2.30. The van der Waals surface area contributed by atoms with Crippen molar-refractivity contribution in [2.75, 3.05) is 33.3 Å². The van der Waals surface area contributed by atoms with Crippen LogP contribution in [0.15, 0.2) is 34.3 Å². The average molecular weight is 919 g/mol. The van der Waals surface area contributed by atoms with Crippen LogP contribution < -0.4 is 20.7 Å². The maximum Gasteiger partial charge on any atom is 0.437 e. The van der Waals surface area contributed by atoms with Crippen LogP contribution in [0, 0.1) is 5.41 Å². The minimum atomic E-state index is -0.857. The van der Waals surface area contributed by atoms with Gasteiger partial charge in [-0.15, -0.1) is 4.99 Å². The molecule has 0 atom stereocenters. The molecule has 19 nitrogen and oxygen atoms in total. The van der Waals surface area contributed by atoms with Gasteiger partial charge in [-0.2, -0.15) is 0 Å². The number of carbonyl (C=O) groups is 5. The highest BCUT2D eigenvalue weighted by Crippen LogP contribution is 2.17. The molecule has 0 saturated heterocycles. The number of nitrogens with zero attached hydrogens (tertiary/aromatic N) is 4. The maximum absolute atomic E-state index is 13.7. The van der Waals surface area contributed by atoms with E-state index in [-0.39, 0.29) is 30.9 Å². The van der Waals surface area contributed by atoms with Crippen LogP contribution in [0.5, 0.6) is 5.75 Å². The van der Waals surface area contributed by atoms with E-state index in [0.29, 0.717) is 43.7 Å². The fourth-order valence-corrected chi connectivity index (χ4v) is 5.29. The molecule has 0 aliphatic rings. The predicted octanol–water partition coefficient (Wildman–Crippen LogP) is 9.51. The highest BCUT2D eigenvalue weighted by atomic mass is 16.6. The van der Waals surface area contributed by atoms with E-state index < -0.39 is 58.5 Å². The van der Waals surface area contributed by atoms with Gasteiger partial charge in [0, 0.05) is 32.2 Å². The molecule has 0 saturated carbocycles. The second-order valence-electron chi connectivity index (χ2n) is 20.3. The molecular weight excluding hydrogens is 841 g/mol. The summed E-state index contributed by atoms with van der Waals surface area (Å²) < 4.78 is 33.1. The third-order valence-corrected chi connectivity index (χ3v) is 7.76. The summed E-state index contributed by atoms with van der Waals surface area (Å²) in [5.41, 5.74) is -3.39. The Morgan fingerprint density at radius 2 is 1.02 bits per heavy atom. The number of hydrogen-bond acceptors (Lipinski definition) is 13. The summed E-state index contributed by atoms with van der Waals surface area (Å²) in [4.78, 5) is 75.4. The second-order valence-corrected chi connectivity index (χ2v) is 20.3. The van der Waals surface area contributed by atoms with Crippen molar-refractivity contribution >= 4 is 48.2 Å². The molecule has 0 aliphatic carbocycles. The van der Waals surface area contributed by atoms with Crippen molar-refractivity contribution in [2.24, 2.45) is 9.98 Å². The van der Waals surface area contributed by atoms with E-state index >= 15 is 0 Å². The molecule has 0 fully saturated rings. The molecule has 1 aromatic carbocycles. The molecule has 19 heteroatoms. The summed E-state index contributed by atoms with van der Waals surface area (Å²) in [6.07, 6.45) is 1.20. The molecule has 4 N–H and O–H groups in total. The van der Waals surface area contributed by atoms with E-state index in [1.54, 1.807) is 140 Å². The Balaban J connectivity index is 2.99. The molecule has 65 heavy (non-hydrogen) atoms. The number of hydrogen-bond donors (Lipinski definition) is 4. The van der Waals surface area contributed by atoms with Crippen LogP contribution in [0.3, 0.4) is 0 Å². The van der Waals surface area contributed by atoms with Crippen molar-refractivity contribution in [3.63, 3.8) is 0 Å².